The van der Waals surface area contributed by atoms with Crippen molar-refractivity contribution in [2.45, 2.75) is 83.1 Å². The fourth-order valence-electron chi connectivity index (χ4n) is 11.3. The van der Waals surface area contributed by atoms with Crippen LogP contribution in [0.15, 0.2) is 96.0 Å². The van der Waals surface area contributed by atoms with Gasteiger partial charge in [-0.3, -0.25) is 34.6 Å². The standard InChI is InChI=1S/C53H66N6O9/c1-4-66-46-14-8-7-13-44(46)59-49(54-42-12-6-5-11-41(42)51(59)61)34-56-24-26-57(27-25-56)50(60)35-67-39-19-17-38(18-20-39)22-30-64-28-10-29-65-36-58-47-15-9-23-53(47)33-40(32-48(53)58)68-52(62)55-43-31-37(2)16-21-45(43)63-3/h5-8,11-14,16-21,31,40-41,47-49H,4,9-10,15,22-30,32-36H2,1-3H3,(H,55,62). The molecule has 3 aliphatic carbocycles. The van der Waals surface area contributed by atoms with Crippen LogP contribution in [-0.4, -0.2) is 142 Å². The number of anilines is 2. The molecular formula is C53H66N6O9. The van der Waals surface area contributed by atoms with Crippen LogP contribution >= 0.6 is 0 Å². The molecule has 3 amide bonds. The highest BCUT2D eigenvalue weighted by molar-refractivity contribution is 6.18. The van der Waals surface area contributed by atoms with E-state index in [-0.39, 0.29) is 29.9 Å². The van der Waals surface area contributed by atoms with E-state index in [1.165, 1.54) is 19.3 Å². The Morgan fingerprint density at radius 1 is 0.912 bits per heavy atom. The zero-order valence-corrected chi connectivity index (χ0v) is 39.7. The second-order valence-electron chi connectivity index (χ2n) is 18.7. The molecule has 0 aromatic heterocycles. The summed E-state index contributed by atoms with van der Waals surface area (Å²) >= 11 is 0. The molecule has 1 spiro atoms. The summed E-state index contributed by atoms with van der Waals surface area (Å²) in [6.45, 7) is 9.83. The van der Waals surface area contributed by atoms with E-state index in [0.717, 1.165) is 48.2 Å². The summed E-state index contributed by atoms with van der Waals surface area (Å²) in [5.74, 6) is 1.43. The summed E-state index contributed by atoms with van der Waals surface area (Å²) in [6, 6.07) is 22.1. The molecule has 9 rings (SSSR count). The van der Waals surface area contributed by atoms with Gasteiger partial charge in [-0.05, 0) is 99.6 Å². The molecule has 15 heteroatoms. The predicted octanol–water partition coefficient (Wildman–Crippen LogP) is 7.04. The third-order valence-electron chi connectivity index (χ3n) is 14.5. The van der Waals surface area contributed by atoms with E-state index in [1.54, 1.807) is 12.0 Å². The topological polar surface area (TPSA) is 144 Å². The molecule has 1 N–H and O–H groups in total. The van der Waals surface area contributed by atoms with Crippen LogP contribution < -0.4 is 24.4 Å². The van der Waals surface area contributed by atoms with Gasteiger partial charge in [-0.1, -0.05) is 55.0 Å². The molecule has 2 saturated heterocycles. The number of carbonyl (C=O) groups is 3. The van der Waals surface area contributed by atoms with Gasteiger partial charge in [0.05, 0.1) is 56.7 Å². The van der Waals surface area contributed by atoms with Gasteiger partial charge in [0.15, 0.2) is 6.61 Å². The van der Waals surface area contributed by atoms with Crippen molar-refractivity contribution in [1.82, 2.24) is 14.7 Å². The maximum atomic E-state index is 13.9. The Kier molecular flexibility index (Phi) is 15.1. The second kappa shape index (κ2) is 21.7. The minimum absolute atomic E-state index is 0.0198. The number of para-hydroxylation sites is 2. The van der Waals surface area contributed by atoms with E-state index < -0.39 is 18.2 Å². The van der Waals surface area contributed by atoms with Gasteiger partial charge >= 0.3 is 6.09 Å². The molecular weight excluding hydrogens is 865 g/mol. The summed E-state index contributed by atoms with van der Waals surface area (Å²) in [7, 11) is 1.59. The minimum atomic E-state index is -0.433. The third kappa shape index (κ3) is 10.5. The molecule has 3 aliphatic heterocycles. The van der Waals surface area contributed by atoms with E-state index in [0.29, 0.717) is 101 Å². The van der Waals surface area contributed by atoms with Crippen molar-refractivity contribution in [3.63, 3.8) is 0 Å². The Morgan fingerprint density at radius 3 is 2.56 bits per heavy atom. The maximum Gasteiger partial charge on any atom is 0.412 e. The van der Waals surface area contributed by atoms with Gasteiger partial charge in [-0.2, -0.15) is 0 Å². The Hall–Kier alpha value is -5.74. The lowest BCUT2D eigenvalue weighted by Crippen LogP contribution is -2.67. The number of allylic oxidation sites excluding steroid dienone is 3. The van der Waals surface area contributed by atoms with Crippen molar-refractivity contribution in [2.24, 2.45) is 16.3 Å². The maximum absolute atomic E-state index is 13.9. The van der Waals surface area contributed by atoms with Crippen molar-refractivity contribution in [3.8, 4) is 17.2 Å². The molecule has 68 heavy (non-hydrogen) atoms. The predicted molar refractivity (Wildman–Crippen MR) is 260 cm³/mol. The van der Waals surface area contributed by atoms with Crippen molar-refractivity contribution in [2.75, 3.05) is 89.8 Å². The van der Waals surface area contributed by atoms with Gasteiger partial charge in [0.1, 0.15) is 29.5 Å². The fourth-order valence-corrected chi connectivity index (χ4v) is 11.3. The Morgan fingerprint density at radius 2 is 1.74 bits per heavy atom. The highest BCUT2D eigenvalue weighted by Crippen LogP contribution is 2.62. The third-order valence-corrected chi connectivity index (χ3v) is 14.5. The monoisotopic (exact) mass is 930 g/mol. The minimum Gasteiger partial charge on any atom is -0.495 e. The Bertz CT molecular complexity index is 2350. The van der Waals surface area contributed by atoms with Crippen molar-refractivity contribution in [3.05, 3.63) is 102 Å². The first kappa shape index (κ1) is 47.3. The van der Waals surface area contributed by atoms with Gasteiger partial charge in [0, 0.05) is 63.3 Å². The van der Waals surface area contributed by atoms with Crippen LogP contribution in [0.3, 0.4) is 0 Å². The highest BCUT2D eigenvalue weighted by Gasteiger charge is 2.66. The Balaban J connectivity index is 0.644. The molecule has 6 atom stereocenters. The number of aliphatic imine (C=N–C) groups is 1. The number of hydrogen-bond acceptors (Lipinski definition) is 12. The van der Waals surface area contributed by atoms with Gasteiger partial charge in [0.25, 0.3) is 5.91 Å². The fraction of sp³-hybridized carbons (Fsp3) is 0.509. The lowest BCUT2D eigenvalue weighted by atomic mass is 9.68. The lowest BCUT2D eigenvalue weighted by molar-refractivity contribution is -0.154. The summed E-state index contributed by atoms with van der Waals surface area (Å²) in [5, 5.41) is 2.89. The molecule has 15 nitrogen and oxygen atoms in total. The lowest BCUT2D eigenvalue weighted by Gasteiger charge is -2.58. The molecule has 3 aromatic carbocycles. The van der Waals surface area contributed by atoms with Crippen LogP contribution in [-0.2, 0) is 30.2 Å². The number of carbonyl (C=O) groups excluding carboxylic acids is 3. The van der Waals surface area contributed by atoms with Crippen molar-refractivity contribution < 1.29 is 42.8 Å². The average Bonchev–Trinajstić information content (AvgIpc) is 3.86. The number of rotatable bonds is 20. The number of nitrogens with one attached hydrogen (secondary N) is 1. The van der Waals surface area contributed by atoms with E-state index in [1.807, 2.05) is 110 Å². The number of piperazine rings is 1. The SMILES string of the molecule is CCOc1ccccc1N1C(=O)C2C=CC=CC2=NC1CN1CCN(C(=O)COc2ccc(CCOCCCOCN3C4CCCC45CC(OC(=O)Nc4cc(C)ccc4OC)CC35)cc2)CC1. The number of hydrogen-bond donors (Lipinski definition) is 1. The number of methoxy groups -OCH3 is 1. The second-order valence-corrected chi connectivity index (χ2v) is 18.7. The summed E-state index contributed by atoms with van der Waals surface area (Å²) in [6.07, 6.45) is 13.6. The van der Waals surface area contributed by atoms with Crippen molar-refractivity contribution >= 4 is 35.0 Å². The van der Waals surface area contributed by atoms with Gasteiger partial charge < -0.3 is 33.3 Å². The highest BCUT2D eigenvalue weighted by atomic mass is 16.6. The number of nitrogens with zero attached hydrogens (tertiary/aromatic N) is 5. The number of benzene rings is 3. The number of amides is 3. The summed E-state index contributed by atoms with van der Waals surface area (Å²) in [5.41, 5.74) is 4.51. The van der Waals surface area contributed by atoms with Crippen molar-refractivity contribution in [1.29, 1.82) is 0 Å². The summed E-state index contributed by atoms with van der Waals surface area (Å²) < 4.78 is 35.4. The molecule has 6 unspecified atom stereocenters. The largest absolute Gasteiger partial charge is 0.495 e. The molecule has 3 heterocycles. The number of likely N-dealkylation sites (tertiary alicyclic amines) is 1. The smallest absolute Gasteiger partial charge is 0.412 e. The van der Waals surface area contributed by atoms with Crippen LogP contribution in [0.2, 0.25) is 0 Å². The van der Waals surface area contributed by atoms with Crippen LogP contribution in [0.4, 0.5) is 16.2 Å². The average molecular weight is 931 g/mol. The number of aryl methyl sites for hydroxylation is 1. The molecule has 3 aromatic rings. The van der Waals surface area contributed by atoms with Crippen LogP contribution in [0.25, 0.3) is 0 Å². The molecule has 0 radical (unpaired) electrons. The van der Waals surface area contributed by atoms with Gasteiger partial charge in [0.2, 0.25) is 5.91 Å². The van der Waals surface area contributed by atoms with Gasteiger partial charge in [-0.15, -0.1) is 0 Å². The molecule has 0 bridgehead atoms. The van der Waals surface area contributed by atoms with E-state index in [4.69, 9.17) is 33.4 Å². The zero-order valence-electron chi connectivity index (χ0n) is 39.7. The zero-order chi connectivity index (χ0) is 47.0. The van der Waals surface area contributed by atoms with E-state index >= 15 is 0 Å². The molecule has 4 fully saturated rings. The van der Waals surface area contributed by atoms with E-state index in [9.17, 15) is 14.4 Å². The van der Waals surface area contributed by atoms with Crippen LogP contribution in [0, 0.1) is 18.3 Å². The normalized spacial score (nSPS) is 25.2. The summed E-state index contributed by atoms with van der Waals surface area (Å²) in [4.78, 5) is 53.5. The quantitative estimate of drug-likeness (QED) is 0.117. The molecule has 6 aliphatic rings. The molecule has 362 valence electrons. The first-order chi connectivity index (χ1) is 33.2. The van der Waals surface area contributed by atoms with E-state index in [2.05, 4.69) is 15.1 Å². The number of ether oxygens (including phenoxy) is 6. The first-order valence-electron chi connectivity index (χ1n) is 24.5. The first-order valence-corrected chi connectivity index (χ1v) is 24.5. The van der Waals surface area contributed by atoms with Gasteiger partial charge in [-0.25, -0.2) is 4.79 Å². The Labute approximate surface area is 400 Å². The van der Waals surface area contributed by atoms with Crippen LogP contribution in [0.5, 0.6) is 17.2 Å². The number of fused-ring (bicyclic) bond motifs is 1. The van der Waals surface area contributed by atoms with Crippen LogP contribution in [0.1, 0.15) is 56.6 Å². The molecule has 2 saturated carbocycles.